The molecule has 5 nitrogen and oxygen atoms in total. The van der Waals surface area contributed by atoms with E-state index in [0.717, 1.165) is 31.8 Å². The van der Waals surface area contributed by atoms with Gasteiger partial charge in [0, 0.05) is 37.9 Å². The predicted octanol–water partition coefficient (Wildman–Crippen LogP) is 2.49. The molecule has 126 valence electrons. The molecule has 1 amide bonds. The van der Waals surface area contributed by atoms with Gasteiger partial charge in [0.05, 0.1) is 11.2 Å². The molecule has 1 unspecified atom stereocenters. The van der Waals surface area contributed by atoms with Crippen LogP contribution < -0.4 is 10.1 Å². The summed E-state index contributed by atoms with van der Waals surface area (Å²) in [5.74, 6) is 1.37. The Morgan fingerprint density at radius 3 is 2.78 bits per heavy atom. The molecule has 1 aliphatic carbocycles. The van der Waals surface area contributed by atoms with Gasteiger partial charge < -0.3 is 15.0 Å². The van der Waals surface area contributed by atoms with Crippen molar-refractivity contribution in [2.45, 2.75) is 44.8 Å². The molecule has 1 saturated carbocycles. The molecule has 2 aliphatic rings. The molecule has 0 spiro atoms. The number of hydrogen-bond donors (Lipinski definition) is 1. The number of halogens is 1. The van der Waals surface area contributed by atoms with E-state index < -0.39 is 6.10 Å². The monoisotopic (exact) mass is 337 g/mol. The van der Waals surface area contributed by atoms with Crippen LogP contribution in [0.4, 0.5) is 0 Å². The van der Waals surface area contributed by atoms with E-state index in [1.165, 1.54) is 25.6 Å². The minimum absolute atomic E-state index is 0.0781. The van der Waals surface area contributed by atoms with Gasteiger partial charge in [-0.1, -0.05) is 11.6 Å². The first-order chi connectivity index (χ1) is 11.1. The molecule has 1 N–H and O–H groups in total. The van der Waals surface area contributed by atoms with Crippen LogP contribution in [0.25, 0.3) is 0 Å². The van der Waals surface area contributed by atoms with Crippen molar-refractivity contribution in [1.82, 2.24) is 15.2 Å². The average Bonchev–Trinajstić information content (AvgIpc) is 3.33. The maximum Gasteiger partial charge on any atom is 0.260 e. The number of nitrogens with one attached hydrogen (secondary N) is 1. The molecular formula is C17H24ClN3O2. The van der Waals surface area contributed by atoms with Gasteiger partial charge >= 0.3 is 0 Å². The van der Waals surface area contributed by atoms with Gasteiger partial charge in [0.15, 0.2) is 6.10 Å². The number of likely N-dealkylation sites (tertiary alicyclic amines) is 1. The third kappa shape index (κ3) is 5.08. The van der Waals surface area contributed by atoms with Crippen molar-refractivity contribution in [1.29, 1.82) is 0 Å². The van der Waals surface area contributed by atoms with Crippen LogP contribution in [0.15, 0.2) is 18.5 Å². The highest BCUT2D eigenvalue weighted by molar-refractivity contribution is 6.30. The van der Waals surface area contributed by atoms with Crippen molar-refractivity contribution in [2.75, 3.05) is 19.6 Å². The fourth-order valence-electron chi connectivity index (χ4n) is 2.96. The predicted molar refractivity (Wildman–Crippen MR) is 89.7 cm³/mol. The number of rotatable bonds is 6. The number of aromatic nitrogens is 1. The Hall–Kier alpha value is -1.33. The molecule has 1 aromatic rings. The van der Waals surface area contributed by atoms with Gasteiger partial charge in [-0.2, -0.15) is 0 Å². The lowest BCUT2D eigenvalue weighted by atomic mass is 10.0. The Morgan fingerprint density at radius 1 is 1.39 bits per heavy atom. The van der Waals surface area contributed by atoms with Crippen molar-refractivity contribution >= 4 is 17.5 Å². The molecule has 0 aromatic carbocycles. The molecule has 0 radical (unpaired) electrons. The van der Waals surface area contributed by atoms with Gasteiger partial charge in [-0.3, -0.25) is 9.78 Å². The smallest absolute Gasteiger partial charge is 0.260 e. The highest BCUT2D eigenvalue weighted by atomic mass is 35.5. The first-order valence-electron chi connectivity index (χ1n) is 8.40. The number of carbonyl (C=O) groups excluding carboxylic acids is 1. The maximum atomic E-state index is 12.3. The fraction of sp³-hybridized carbons (Fsp3) is 0.647. The number of carbonyl (C=O) groups is 1. The second kappa shape index (κ2) is 7.49. The highest BCUT2D eigenvalue weighted by Gasteiger charge is 2.28. The highest BCUT2D eigenvalue weighted by Crippen LogP contribution is 2.30. The van der Waals surface area contributed by atoms with Crippen molar-refractivity contribution in [2.24, 2.45) is 5.92 Å². The van der Waals surface area contributed by atoms with Crippen molar-refractivity contribution < 1.29 is 9.53 Å². The van der Waals surface area contributed by atoms with Crippen LogP contribution in [0, 0.1) is 5.92 Å². The molecule has 3 rings (SSSR count). The van der Waals surface area contributed by atoms with E-state index in [0.29, 0.717) is 10.8 Å². The molecular weight excluding hydrogens is 314 g/mol. The summed E-state index contributed by atoms with van der Waals surface area (Å²) in [6, 6.07) is 1.91. The third-order valence-corrected chi connectivity index (χ3v) is 4.72. The molecule has 0 bridgehead atoms. The number of hydrogen-bond acceptors (Lipinski definition) is 4. The zero-order valence-electron chi connectivity index (χ0n) is 13.5. The summed E-state index contributed by atoms with van der Waals surface area (Å²) in [6.45, 7) is 5.14. The Labute approximate surface area is 142 Å². The first kappa shape index (κ1) is 16.5. The zero-order valence-corrected chi connectivity index (χ0v) is 14.3. The largest absolute Gasteiger partial charge is 0.479 e. The quantitative estimate of drug-likeness (QED) is 0.866. The number of pyridine rings is 1. The Morgan fingerprint density at radius 2 is 2.13 bits per heavy atom. The van der Waals surface area contributed by atoms with Gasteiger partial charge in [0.25, 0.3) is 5.91 Å². The molecule has 1 saturated heterocycles. The zero-order chi connectivity index (χ0) is 16.2. The summed E-state index contributed by atoms with van der Waals surface area (Å²) >= 11 is 5.87. The summed E-state index contributed by atoms with van der Waals surface area (Å²) in [4.78, 5) is 18.7. The number of ether oxygens (including phenoxy) is 1. The van der Waals surface area contributed by atoms with E-state index in [1.807, 2.05) is 0 Å². The first-order valence-corrected chi connectivity index (χ1v) is 8.78. The summed E-state index contributed by atoms with van der Waals surface area (Å²) in [7, 11) is 0. The molecule has 23 heavy (non-hydrogen) atoms. The number of piperidine rings is 1. The Kier molecular flexibility index (Phi) is 5.38. The second-order valence-electron chi connectivity index (χ2n) is 6.63. The molecule has 1 aliphatic heterocycles. The normalized spacial score (nSPS) is 21.0. The van der Waals surface area contributed by atoms with Crippen molar-refractivity contribution in [3.63, 3.8) is 0 Å². The lowest BCUT2D eigenvalue weighted by molar-refractivity contribution is -0.128. The van der Waals surface area contributed by atoms with E-state index in [-0.39, 0.29) is 11.9 Å². The number of amides is 1. The van der Waals surface area contributed by atoms with E-state index >= 15 is 0 Å². The van der Waals surface area contributed by atoms with E-state index in [1.54, 1.807) is 19.2 Å². The minimum atomic E-state index is -0.556. The average molecular weight is 338 g/mol. The van der Waals surface area contributed by atoms with Crippen molar-refractivity contribution in [3.8, 4) is 5.75 Å². The van der Waals surface area contributed by atoms with E-state index in [9.17, 15) is 4.79 Å². The van der Waals surface area contributed by atoms with Crippen LogP contribution in [-0.4, -0.2) is 47.6 Å². The van der Waals surface area contributed by atoms with Crippen LogP contribution in [-0.2, 0) is 4.79 Å². The number of nitrogens with zero attached hydrogens (tertiary/aromatic N) is 2. The molecule has 6 heteroatoms. The second-order valence-corrected chi connectivity index (χ2v) is 7.06. The Balaban J connectivity index is 1.41. The van der Waals surface area contributed by atoms with E-state index in [4.69, 9.17) is 16.3 Å². The van der Waals surface area contributed by atoms with Gasteiger partial charge in [-0.15, -0.1) is 0 Å². The van der Waals surface area contributed by atoms with Gasteiger partial charge in [-0.25, -0.2) is 0 Å². The maximum absolute atomic E-state index is 12.3. The lowest BCUT2D eigenvalue weighted by Gasteiger charge is -2.32. The van der Waals surface area contributed by atoms with Gasteiger partial charge in [0.2, 0.25) is 0 Å². The summed E-state index contributed by atoms with van der Waals surface area (Å²) in [5.41, 5.74) is 0. The van der Waals surface area contributed by atoms with Crippen LogP contribution in [0.1, 0.15) is 32.6 Å². The standard InChI is InChI=1S/C17H24ClN3O2/c1-12(23-16-8-14(18)9-19-10-16)17(22)20-15-4-6-21(7-5-15)11-13-2-3-13/h8-10,12-13,15H,2-7,11H2,1H3,(H,20,22). The van der Waals surface area contributed by atoms with Crippen LogP contribution in [0.5, 0.6) is 5.75 Å². The summed E-state index contributed by atoms with van der Waals surface area (Å²) in [5, 5.41) is 3.60. The van der Waals surface area contributed by atoms with Gasteiger partial charge in [0.1, 0.15) is 5.75 Å². The Bertz CT molecular complexity index is 542. The van der Waals surface area contributed by atoms with E-state index in [2.05, 4.69) is 15.2 Å². The topological polar surface area (TPSA) is 54.5 Å². The molecule has 2 heterocycles. The fourth-order valence-corrected chi connectivity index (χ4v) is 3.12. The summed E-state index contributed by atoms with van der Waals surface area (Å²) < 4.78 is 5.61. The van der Waals surface area contributed by atoms with Crippen LogP contribution >= 0.6 is 11.6 Å². The van der Waals surface area contributed by atoms with Crippen LogP contribution in [0.3, 0.4) is 0 Å². The van der Waals surface area contributed by atoms with Crippen LogP contribution in [0.2, 0.25) is 5.02 Å². The molecule has 1 atom stereocenters. The SMILES string of the molecule is CC(Oc1cncc(Cl)c1)C(=O)NC1CCN(CC2CC2)CC1. The minimum Gasteiger partial charge on any atom is -0.479 e. The lowest BCUT2D eigenvalue weighted by Crippen LogP contribution is -2.48. The third-order valence-electron chi connectivity index (χ3n) is 4.51. The van der Waals surface area contributed by atoms with Crippen molar-refractivity contribution in [3.05, 3.63) is 23.5 Å². The van der Waals surface area contributed by atoms with Gasteiger partial charge in [-0.05, 0) is 38.5 Å². The molecule has 2 fully saturated rings. The molecule has 1 aromatic heterocycles. The summed E-state index contributed by atoms with van der Waals surface area (Å²) in [6.07, 6.45) is 7.36.